The molecule has 2 N–H and O–H groups in total. The van der Waals surface area contributed by atoms with Gasteiger partial charge in [-0.25, -0.2) is 0 Å². The zero-order valence-electron chi connectivity index (χ0n) is 20.5. The van der Waals surface area contributed by atoms with Crippen LogP contribution in [0.5, 0.6) is 0 Å². The molecule has 0 bridgehead atoms. The lowest BCUT2D eigenvalue weighted by Crippen LogP contribution is -2.34. The molecule has 7 nitrogen and oxygen atoms in total. The number of aryl methyl sites for hydroxylation is 2. The van der Waals surface area contributed by atoms with Crippen LogP contribution in [-0.4, -0.2) is 32.3 Å². The van der Waals surface area contributed by atoms with E-state index in [1.165, 1.54) is 17.3 Å². The molecular formula is C26H33N5O2S. The minimum absolute atomic E-state index is 0.102. The van der Waals surface area contributed by atoms with Crippen LogP contribution in [0.4, 0.5) is 5.69 Å². The number of anilines is 1. The van der Waals surface area contributed by atoms with E-state index in [0.29, 0.717) is 23.1 Å². The summed E-state index contributed by atoms with van der Waals surface area (Å²) < 4.78 is 1.97. The largest absolute Gasteiger partial charge is 0.342 e. The van der Waals surface area contributed by atoms with Gasteiger partial charge < -0.3 is 15.2 Å². The summed E-state index contributed by atoms with van der Waals surface area (Å²) in [4.78, 5) is 25.4. The van der Waals surface area contributed by atoms with Crippen LogP contribution in [0, 0.1) is 12.8 Å². The molecule has 0 aliphatic rings. The van der Waals surface area contributed by atoms with Crippen molar-refractivity contribution >= 4 is 29.3 Å². The maximum absolute atomic E-state index is 13.0. The van der Waals surface area contributed by atoms with E-state index < -0.39 is 0 Å². The van der Waals surface area contributed by atoms with E-state index in [2.05, 4.69) is 27.8 Å². The summed E-state index contributed by atoms with van der Waals surface area (Å²) in [7, 11) is 0. The lowest BCUT2D eigenvalue weighted by atomic mass is 10.0. The van der Waals surface area contributed by atoms with Crippen LogP contribution in [0.15, 0.2) is 53.7 Å². The van der Waals surface area contributed by atoms with E-state index >= 15 is 0 Å². The first-order valence-electron chi connectivity index (χ1n) is 11.6. The smallest absolute Gasteiger partial charge is 0.252 e. The van der Waals surface area contributed by atoms with Gasteiger partial charge in [-0.1, -0.05) is 62.9 Å². The molecule has 0 unspecified atom stereocenters. The van der Waals surface area contributed by atoms with Crippen molar-refractivity contribution in [3.05, 3.63) is 71.0 Å². The van der Waals surface area contributed by atoms with Gasteiger partial charge in [-0.2, -0.15) is 0 Å². The Kier molecular flexibility index (Phi) is 8.87. The van der Waals surface area contributed by atoms with E-state index in [1.807, 2.05) is 80.8 Å². The fraction of sp³-hybridized carbons (Fsp3) is 0.385. The molecule has 34 heavy (non-hydrogen) atoms. The standard InChI is InChI=1S/C26H33N5O2S/c1-6-19-12-14-20(15-13-19)27-22(32)16-34-26-30-29-24(31(26)7-2)23(17(3)4)28-25(33)21-11-9-8-10-18(21)5/h8-15,17,23H,6-7,16H2,1-5H3,(H,27,32)(H,28,33)/t23-/m1/s1. The van der Waals surface area contributed by atoms with E-state index in [9.17, 15) is 9.59 Å². The molecule has 0 spiro atoms. The van der Waals surface area contributed by atoms with E-state index in [1.54, 1.807) is 0 Å². The Morgan fingerprint density at radius 1 is 1.03 bits per heavy atom. The molecule has 0 radical (unpaired) electrons. The summed E-state index contributed by atoms with van der Waals surface area (Å²) in [6, 6.07) is 15.1. The van der Waals surface area contributed by atoms with Crippen LogP contribution in [-0.2, 0) is 17.8 Å². The number of carbonyl (C=O) groups excluding carboxylic acids is 2. The van der Waals surface area contributed by atoms with Crippen LogP contribution >= 0.6 is 11.8 Å². The second kappa shape index (κ2) is 11.8. The first-order chi connectivity index (χ1) is 16.3. The van der Waals surface area contributed by atoms with E-state index in [4.69, 9.17) is 0 Å². The number of hydrogen-bond acceptors (Lipinski definition) is 5. The van der Waals surface area contributed by atoms with Gasteiger partial charge in [0, 0.05) is 17.8 Å². The highest BCUT2D eigenvalue weighted by atomic mass is 32.2. The predicted molar refractivity (Wildman–Crippen MR) is 137 cm³/mol. The normalized spacial score (nSPS) is 11.9. The molecule has 2 aromatic carbocycles. The molecule has 3 rings (SSSR count). The Hall–Kier alpha value is -3.13. The Morgan fingerprint density at radius 2 is 1.74 bits per heavy atom. The number of carbonyl (C=O) groups is 2. The van der Waals surface area contributed by atoms with Crippen molar-refractivity contribution in [2.24, 2.45) is 5.92 Å². The maximum atomic E-state index is 13.0. The monoisotopic (exact) mass is 479 g/mol. The highest BCUT2D eigenvalue weighted by Crippen LogP contribution is 2.26. The van der Waals surface area contributed by atoms with Crippen LogP contribution in [0.25, 0.3) is 0 Å². The third-order valence-corrected chi connectivity index (χ3v) is 6.63. The average Bonchev–Trinajstić information content (AvgIpc) is 3.24. The lowest BCUT2D eigenvalue weighted by molar-refractivity contribution is -0.113. The number of amides is 2. The minimum atomic E-state index is -0.306. The first-order valence-corrected chi connectivity index (χ1v) is 12.6. The fourth-order valence-electron chi connectivity index (χ4n) is 3.66. The SMILES string of the molecule is CCc1ccc(NC(=O)CSc2nnc([C@H](NC(=O)c3ccccc3C)C(C)C)n2CC)cc1. The van der Waals surface area contributed by atoms with Crippen LogP contribution in [0.1, 0.15) is 61.0 Å². The molecule has 0 aliphatic carbocycles. The van der Waals surface area contributed by atoms with Crippen molar-refractivity contribution in [2.45, 2.75) is 58.8 Å². The second-order valence-electron chi connectivity index (χ2n) is 8.48. The van der Waals surface area contributed by atoms with Gasteiger partial charge in [0.15, 0.2) is 11.0 Å². The van der Waals surface area contributed by atoms with Gasteiger partial charge in [0.05, 0.1) is 11.8 Å². The fourth-order valence-corrected chi connectivity index (χ4v) is 4.47. The number of hydrogen-bond donors (Lipinski definition) is 2. The molecule has 0 aliphatic heterocycles. The van der Waals surface area contributed by atoms with Gasteiger partial charge in [0.1, 0.15) is 0 Å². The molecule has 1 atom stereocenters. The molecule has 8 heteroatoms. The van der Waals surface area contributed by atoms with Crippen LogP contribution in [0.3, 0.4) is 0 Å². The Balaban J connectivity index is 1.70. The highest BCUT2D eigenvalue weighted by Gasteiger charge is 2.26. The van der Waals surface area contributed by atoms with Crippen LogP contribution < -0.4 is 10.6 Å². The number of nitrogens with one attached hydrogen (secondary N) is 2. The Morgan fingerprint density at radius 3 is 2.35 bits per heavy atom. The summed E-state index contributed by atoms with van der Waals surface area (Å²) in [6.07, 6.45) is 0.960. The molecule has 3 aromatic rings. The number of benzene rings is 2. The summed E-state index contributed by atoms with van der Waals surface area (Å²) >= 11 is 1.34. The van der Waals surface area contributed by atoms with Gasteiger partial charge in [0.25, 0.3) is 5.91 Å². The summed E-state index contributed by atoms with van der Waals surface area (Å²) in [5.74, 6) is 0.780. The maximum Gasteiger partial charge on any atom is 0.252 e. The topological polar surface area (TPSA) is 88.9 Å². The second-order valence-corrected chi connectivity index (χ2v) is 9.42. The summed E-state index contributed by atoms with van der Waals surface area (Å²) in [5, 5.41) is 15.5. The summed E-state index contributed by atoms with van der Waals surface area (Å²) in [5.41, 5.74) is 3.57. The summed E-state index contributed by atoms with van der Waals surface area (Å²) in [6.45, 7) is 10.7. The van der Waals surface area contributed by atoms with Crippen molar-refractivity contribution in [3.8, 4) is 0 Å². The minimum Gasteiger partial charge on any atom is -0.342 e. The number of thioether (sulfide) groups is 1. The molecule has 180 valence electrons. The lowest BCUT2D eigenvalue weighted by Gasteiger charge is -2.23. The number of aromatic nitrogens is 3. The van der Waals surface area contributed by atoms with Crippen molar-refractivity contribution in [1.29, 1.82) is 0 Å². The Labute approximate surface area is 205 Å². The van der Waals surface area contributed by atoms with Crippen molar-refractivity contribution < 1.29 is 9.59 Å². The van der Waals surface area contributed by atoms with Crippen molar-refractivity contribution in [2.75, 3.05) is 11.1 Å². The molecule has 0 saturated heterocycles. The van der Waals surface area contributed by atoms with E-state index in [-0.39, 0.29) is 29.5 Å². The van der Waals surface area contributed by atoms with Crippen molar-refractivity contribution in [3.63, 3.8) is 0 Å². The van der Waals surface area contributed by atoms with Gasteiger partial charge in [-0.3, -0.25) is 9.59 Å². The van der Waals surface area contributed by atoms with Crippen molar-refractivity contribution in [1.82, 2.24) is 20.1 Å². The van der Waals surface area contributed by atoms with Gasteiger partial charge in [-0.15, -0.1) is 10.2 Å². The van der Waals surface area contributed by atoms with Crippen LogP contribution in [0.2, 0.25) is 0 Å². The number of nitrogens with zero attached hydrogens (tertiary/aromatic N) is 3. The third-order valence-electron chi connectivity index (χ3n) is 5.66. The molecule has 2 amide bonds. The van der Waals surface area contributed by atoms with Gasteiger partial charge in [0.2, 0.25) is 5.91 Å². The van der Waals surface area contributed by atoms with Gasteiger partial charge >= 0.3 is 0 Å². The molecule has 0 fully saturated rings. The molecular weight excluding hydrogens is 446 g/mol. The Bertz CT molecular complexity index is 1120. The van der Waals surface area contributed by atoms with E-state index in [0.717, 1.165) is 17.7 Å². The predicted octanol–water partition coefficient (Wildman–Crippen LogP) is 5.03. The average molecular weight is 480 g/mol. The first kappa shape index (κ1) is 25.5. The zero-order valence-corrected chi connectivity index (χ0v) is 21.3. The molecule has 1 aromatic heterocycles. The number of rotatable bonds is 10. The molecule has 1 heterocycles. The zero-order chi connectivity index (χ0) is 24.7. The third kappa shape index (κ3) is 6.26. The van der Waals surface area contributed by atoms with Gasteiger partial charge in [-0.05, 0) is 55.5 Å². The quantitative estimate of drug-likeness (QED) is 0.398. The molecule has 0 saturated carbocycles. The highest BCUT2D eigenvalue weighted by molar-refractivity contribution is 7.99.